The monoisotopic (exact) mass is 256 g/mol. The van der Waals surface area contributed by atoms with Crippen LogP contribution >= 0.6 is 11.8 Å². The van der Waals surface area contributed by atoms with Crippen molar-refractivity contribution in [2.45, 2.75) is 43.1 Å². The molecule has 1 aliphatic rings. The highest BCUT2D eigenvalue weighted by atomic mass is 32.2. The Kier molecular flexibility index (Phi) is 3.28. The third-order valence-corrected chi connectivity index (χ3v) is 4.06. The predicted molar refractivity (Wildman–Crippen MR) is 64.8 cm³/mol. The van der Waals surface area contributed by atoms with Gasteiger partial charge < -0.3 is 10.8 Å². The fourth-order valence-electron chi connectivity index (χ4n) is 1.71. The van der Waals surface area contributed by atoms with E-state index in [1.807, 2.05) is 13.8 Å². The first-order valence-electron chi connectivity index (χ1n) is 5.60. The van der Waals surface area contributed by atoms with Gasteiger partial charge in [0.2, 0.25) is 5.95 Å². The molecule has 1 atom stereocenters. The van der Waals surface area contributed by atoms with Crippen LogP contribution < -0.4 is 5.73 Å². The van der Waals surface area contributed by atoms with E-state index in [1.54, 1.807) is 4.57 Å². The number of aromatic nitrogens is 3. The van der Waals surface area contributed by atoms with Crippen LogP contribution in [0.4, 0.5) is 5.95 Å². The van der Waals surface area contributed by atoms with Crippen LogP contribution in [0.3, 0.4) is 0 Å². The van der Waals surface area contributed by atoms with Gasteiger partial charge in [-0.2, -0.15) is 0 Å². The Hall–Kier alpha value is -1.24. The van der Waals surface area contributed by atoms with Crippen molar-refractivity contribution in [3.05, 3.63) is 0 Å². The van der Waals surface area contributed by atoms with Gasteiger partial charge in [-0.3, -0.25) is 9.36 Å². The van der Waals surface area contributed by atoms with E-state index < -0.39 is 11.2 Å². The van der Waals surface area contributed by atoms with Crippen LogP contribution in [-0.4, -0.2) is 31.1 Å². The molecule has 0 aromatic carbocycles. The smallest absolute Gasteiger partial charge is 0.317 e. The number of hydrogen-bond donors (Lipinski definition) is 2. The van der Waals surface area contributed by atoms with E-state index in [4.69, 9.17) is 5.73 Å². The van der Waals surface area contributed by atoms with Crippen molar-refractivity contribution < 1.29 is 9.90 Å². The fraction of sp³-hybridized carbons (Fsp3) is 0.700. The van der Waals surface area contributed by atoms with Crippen molar-refractivity contribution >= 4 is 23.7 Å². The molecule has 1 aromatic heterocycles. The second-order valence-corrected chi connectivity index (χ2v) is 5.63. The number of aliphatic carboxylic acids is 1. The van der Waals surface area contributed by atoms with Crippen LogP contribution in [0.5, 0.6) is 0 Å². The summed E-state index contributed by atoms with van der Waals surface area (Å²) in [5.74, 6) is -0.187. The molecule has 0 amide bonds. The first kappa shape index (κ1) is 12.2. The first-order valence-corrected chi connectivity index (χ1v) is 6.48. The standard InChI is InChI=1S/C10H16N4O2S/c1-5(2)14-9(11)12-13-10(14)17-7(8(15)16)6-3-4-6/h5-7H,3-4H2,1-2H3,(H2,11,12)(H,15,16). The SMILES string of the molecule is CC(C)n1c(N)nnc1SC(C(=O)O)C1CC1. The lowest BCUT2D eigenvalue weighted by Crippen LogP contribution is -2.20. The molecule has 7 heteroatoms. The average molecular weight is 256 g/mol. The summed E-state index contributed by atoms with van der Waals surface area (Å²) in [6, 6.07) is 0.126. The molecular weight excluding hydrogens is 240 g/mol. The summed E-state index contributed by atoms with van der Waals surface area (Å²) in [7, 11) is 0. The molecule has 2 rings (SSSR count). The molecule has 17 heavy (non-hydrogen) atoms. The van der Waals surface area contributed by atoms with Crippen molar-refractivity contribution in [1.29, 1.82) is 0 Å². The Morgan fingerprint density at radius 2 is 2.18 bits per heavy atom. The minimum atomic E-state index is -0.783. The molecule has 1 heterocycles. The van der Waals surface area contributed by atoms with E-state index in [2.05, 4.69) is 10.2 Å². The molecule has 0 spiro atoms. The van der Waals surface area contributed by atoms with Gasteiger partial charge in [-0.1, -0.05) is 11.8 Å². The summed E-state index contributed by atoms with van der Waals surface area (Å²) >= 11 is 1.25. The number of nitrogens with zero attached hydrogens (tertiary/aromatic N) is 3. The molecule has 0 radical (unpaired) electrons. The Labute approximate surface area is 104 Å². The van der Waals surface area contributed by atoms with Gasteiger partial charge in [0, 0.05) is 6.04 Å². The molecular formula is C10H16N4O2S. The molecule has 94 valence electrons. The van der Waals surface area contributed by atoms with Gasteiger partial charge >= 0.3 is 5.97 Å². The lowest BCUT2D eigenvalue weighted by molar-refractivity contribution is -0.136. The zero-order valence-electron chi connectivity index (χ0n) is 9.83. The summed E-state index contributed by atoms with van der Waals surface area (Å²) in [6.45, 7) is 3.94. The van der Waals surface area contributed by atoms with Gasteiger partial charge in [0.25, 0.3) is 0 Å². The second-order valence-electron chi connectivity index (χ2n) is 4.52. The molecule has 0 bridgehead atoms. The molecule has 1 aliphatic carbocycles. The number of nitrogen functional groups attached to an aromatic ring is 1. The Morgan fingerprint density at radius 3 is 2.65 bits per heavy atom. The van der Waals surface area contributed by atoms with Crippen LogP contribution in [0.15, 0.2) is 5.16 Å². The van der Waals surface area contributed by atoms with Crippen molar-refractivity contribution in [2.75, 3.05) is 5.73 Å². The summed E-state index contributed by atoms with van der Waals surface area (Å²) < 4.78 is 1.77. The Morgan fingerprint density at radius 1 is 1.53 bits per heavy atom. The van der Waals surface area contributed by atoms with Crippen LogP contribution in [-0.2, 0) is 4.79 Å². The third-order valence-electron chi connectivity index (χ3n) is 2.73. The van der Waals surface area contributed by atoms with Gasteiger partial charge in [-0.25, -0.2) is 0 Å². The second kappa shape index (κ2) is 4.56. The molecule has 3 N–H and O–H groups in total. The summed E-state index contributed by atoms with van der Waals surface area (Å²) in [5.41, 5.74) is 5.71. The average Bonchev–Trinajstić information content (AvgIpc) is 2.99. The van der Waals surface area contributed by atoms with E-state index in [1.165, 1.54) is 11.8 Å². The minimum Gasteiger partial charge on any atom is -0.480 e. The van der Waals surface area contributed by atoms with E-state index >= 15 is 0 Å². The number of carbonyl (C=O) groups is 1. The highest BCUT2D eigenvalue weighted by molar-refractivity contribution is 8.00. The third kappa shape index (κ3) is 2.54. The fourth-order valence-corrected chi connectivity index (χ4v) is 3.01. The van der Waals surface area contributed by atoms with Gasteiger partial charge in [0.15, 0.2) is 5.16 Å². The summed E-state index contributed by atoms with van der Waals surface area (Å²) in [6.07, 6.45) is 1.96. The van der Waals surface area contributed by atoms with Crippen LogP contribution in [0.2, 0.25) is 0 Å². The van der Waals surface area contributed by atoms with E-state index in [-0.39, 0.29) is 12.0 Å². The van der Waals surface area contributed by atoms with E-state index in [9.17, 15) is 9.90 Å². The van der Waals surface area contributed by atoms with Crippen LogP contribution in [0, 0.1) is 5.92 Å². The predicted octanol–water partition coefficient (Wildman–Crippen LogP) is 1.40. The first-order chi connectivity index (χ1) is 8.00. The Bertz CT molecular complexity index is 428. The van der Waals surface area contributed by atoms with Crippen LogP contribution in [0.1, 0.15) is 32.7 Å². The number of carboxylic acids is 1. The molecule has 1 fully saturated rings. The van der Waals surface area contributed by atoms with Crippen LogP contribution in [0.25, 0.3) is 0 Å². The maximum absolute atomic E-state index is 11.2. The minimum absolute atomic E-state index is 0.126. The van der Waals surface area contributed by atoms with Crippen molar-refractivity contribution in [1.82, 2.24) is 14.8 Å². The number of nitrogens with two attached hydrogens (primary N) is 1. The van der Waals surface area contributed by atoms with Gasteiger partial charge in [0.1, 0.15) is 5.25 Å². The normalized spacial score (nSPS) is 17.4. The lowest BCUT2D eigenvalue weighted by Gasteiger charge is -2.14. The zero-order valence-corrected chi connectivity index (χ0v) is 10.6. The molecule has 0 saturated heterocycles. The summed E-state index contributed by atoms with van der Waals surface area (Å²) in [5, 5.41) is 17.1. The lowest BCUT2D eigenvalue weighted by atomic mass is 10.3. The van der Waals surface area contributed by atoms with E-state index in [0.717, 1.165) is 12.8 Å². The topological polar surface area (TPSA) is 94.0 Å². The quantitative estimate of drug-likeness (QED) is 0.773. The number of rotatable bonds is 5. The van der Waals surface area contributed by atoms with Crippen molar-refractivity contribution in [3.8, 4) is 0 Å². The van der Waals surface area contributed by atoms with Gasteiger partial charge in [0.05, 0.1) is 0 Å². The maximum atomic E-state index is 11.2. The number of anilines is 1. The van der Waals surface area contributed by atoms with Crippen molar-refractivity contribution in [3.63, 3.8) is 0 Å². The van der Waals surface area contributed by atoms with E-state index in [0.29, 0.717) is 11.1 Å². The highest BCUT2D eigenvalue weighted by Gasteiger charge is 2.38. The largest absolute Gasteiger partial charge is 0.480 e. The van der Waals surface area contributed by atoms with Gasteiger partial charge in [-0.15, -0.1) is 10.2 Å². The number of hydrogen-bond acceptors (Lipinski definition) is 5. The highest BCUT2D eigenvalue weighted by Crippen LogP contribution is 2.42. The molecule has 1 aromatic rings. The molecule has 1 unspecified atom stereocenters. The zero-order chi connectivity index (χ0) is 12.6. The molecule has 0 aliphatic heterocycles. The summed E-state index contributed by atoms with van der Waals surface area (Å²) in [4.78, 5) is 11.2. The number of thioether (sulfide) groups is 1. The molecule has 1 saturated carbocycles. The molecule has 6 nitrogen and oxygen atoms in total. The maximum Gasteiger partial charge on any atom is 0.317 e. The van der Waals surface area contributed by atoms with Gasteiger partial charge in [-0.05, 0) is 32.6 Å². The number of carboxylic acid groups (broad SMARTS) is 1. The Balaban J connectivity index is 2.19. The van der Waals surface area contributed by atoms with Crippen molar-refractivity contribution in [2.24, 2.45) is 5.92 Å².